The number of halogens is 1. The van der Waals surface area contributed by atoms with Crippen LogP contribution in [-0.2, 0) is 13.0 Å². The molecule has 0 bridgehead atoms. The van der Waals surface area contributed by atoms with Crippen molar-refractivity contribution in [2.75, 3.05) is 6.54 Å². The molecule has 25 heavy (non-hydrogen) atoms. The summed E-state index contributed by atoms with van der Waals surface area (Å²) in [5.41, 5.74) is 9.22. The van der Waals surface area contributed by atoms with Crippen molar-refractivity contribution in [3.8, 4) is 5.75 Å². The van der Waals surface area contributed by atoms with Gasteiger partial charge in [0, 0.05) is 17.1 Å². The van der Waals surface area contributed by atoms with E-state index in [-0.39, 0.29) is 12.4 Å². The number of nitrogens with two attached hydrogens (primary N) is 1. The average Bonchev–Trinajstić information content (AvgIpc) is 3.02. The van der Waals surface area contributed by atoms with Gasteiger partial charge in [0.05, 0.1) is 0 Å². The lowest BCUT2D eigenvalue weighted by Crippen LogP contribution is -2.01. The first kappa shape index (κ1) is 17.3. The van der Waals surface area contributed by atoms with E-state index >= 15 is 0 Å². The van der Waals surface area contributed by atoms with Gasteiger partial charge in [-0.25, -0.2) is 0 Å². The summed E-state index contributed by atoms with van der Waals surface area (Å²) >= 11 is 0. The predicted molar refractivity (Wildman–Crippen MR) is 107 cm³/mol. The Hall–Kier alpha value is -2.49. The van der Waals surface area contributed by atoms with E-state index in [9.17, 15) is 0 Å². The Morgan fingerprint density at radius 1 is 0.920 bits per heavy atom. The van der Waals surface area contributed by atoms with Crippen molar-refractivity contribution >= 4 is 34.1 Å². The molecule has 4 aromatic rings. The molecule has 0 saturated heterocycles. The van der Waals surface area contributed by atoms with Crippen LogP contribution in [0, 0.1) is 0 Å². The van der Waals surface area contributed by atoms with Gasteiger partial charge in [-0.1, -0.05) is 36.4 Å². The van der Waals surface area contributed by atoms with Gasteiger partial charge in [0.15, 0.2) is 0 Å². The summed E-state index contributed by atoms with van der Waals surface area (Å²) in [5.74, 6) is 0.883. The summed E-state index contributed by atoms with van der Waals surface area (Å²) in [6, 6.07) is 21.0. The van der Waals surface area contributed by atoms with Crippen molar-refractivity contribution in [2.45, 2.75) is 13.0 Å². The van der Waals surface area contributed by atoms with Gasteiger partial charge in [0.1, 0.15) is 12.4 Å². The first-order valence-corrected chi connectivity index (χ1v) is 8.24. The summed E-state index contributed by atoms with van der Waals surface area (Å²) in [4.78, 5) is 3.28. The van der Waals surface area contributed by atoms with Crippen LogP contribution < -0.4 is 10.5 Å². The van der Waals surface area contributed by atoms with Crippen LogP contribution in [0.4, 0.5) is 0 Å². The molecule has 0 aliphatic rings. The van der Waals surface area contributed by atoms with Crippen molar-refractivity contribution in [1.29, 1.82) is 0 Å². The van der Waals surface area contributed by atoms with Crippen molar-refractivity contribution in [3.05, 3.63) is 78.0 Å². The smallest absolute Gasteiger partial charge is 0.120 e. The van der Waals surface area contributed by atoms with Crippen LogP contribution in [0.2, 0.25) is 0 Å². The molecule has 4 heteroatoms. The fourth-order valence-electron chi connectivity index (χ4n) is 3.10. The molecule has 3 nitrogen and oxygen atoms in total. The van der Waals surface area contributed by atoms with Gasteiger partial charge < -0.3 is 15.5 Å². The highest BCUT2D eigenvalue weighted by molar-refractivity contribution is 5.85. The molecular weight excluding hydrogens is 332 g/mol. The Kier molecular flexibility index (Phi) is 5.27. The molecule has 1 aromatic heterocycles. The number of fused-ring (bicyclic) bond motifs is 2. The highest BCUT2D eigenvalue weighted by Crippen LogP contribution is 2.25. The second kappa shape index (κ2) is 7.60. The molecule has 1 heterocycles. The number of ether oxygens (including phenoxy) is 1. The van der Waals surface area contributed by atoms with Gasteiger partial charge in [-0.15, -0.1) is 12.4 Å². The monoisotopic (exact) mass is 352 g/mol. The van der Waals surface area contributed by atoms with E-state index in [0.717, 1.165) is 17.7 Å². The molecule has 128 valence electrons. The third kappa shape index (κ3) is 3.63. The number of rotatable bonds is 5. The third-order valence-corrected chi connectivity index (χ3v) is 4.37. The molecule has 0 amide bonds. The van der Waals surface area contributed by atoms with E-state index in [1.54, 1.807) is 0 Å². The molecular formula is C21H21ClN2O. The zero-order valence-corrected chi connectivity index (χ0v) is 14.7. The summed E-state index contributed by atoms with van der Waals surface area (Å²) in [7, 11) is 0. The molecule has 0 radical (unpaired) electrons. The van der Waals surface area contributed by atoms with Crippen LogP contribution >= 0.6 is 12.4 Å². The largest absolute Gasteiger partial charge is 0.489 e. The van der Waals surface area contributed by atoms with Crippen LogP contribution in [-0.4, -0.2) is 11.5 Å². The minimum absolute atomic E-state index is 0. The summed E-state index contributed by atoms with van der Waals surface area (Å²) < 4.78 is 6.01. The molecule has 4 rings (SSSR count). The Morgan fingerprint density at radius 3 is 2.60 bits per heavy atom. The second-order valence-corrected chi connectivity index (χ2v) is 6.03. The highest BCUT2D eigenvalue weighted by atomic mass is 35.5. The minimum Gasteiger partial charge on any atom is -0.489 e. The van der Waals surface area contributed by atoms with Gasteiger partial charge in [-0.3, -0.25) is 0 Å². The van der Waals surface area contributed by atoms with Gasteiger partial charge in [-0.2, -0.15) is 0 Å². The molecule has 0 aliphatic heterocycles. The first-order valence-electron chi connectivity index (χ1n) is 8.24. The lowest BCUT2D eigenvalue weighted by atomic mass is 10.1. The standard InChI is InChI=1S/C21H20N2O.ClH/c22-10-9-18-13-23-21-8-7-19(12-20(18)21)24-14-15-5-6-16-3-1-2-4-17(16)11-15;/h1-8,11-13,23H,9-10,14,22H2;1H. The van der Waals surface area contributed by atoms with Gasteiger partial charge in [0.25, 0.3) is 0 Å². The predicted octanol–water partition coefficient (Wildman–Crippen LogP) is 4.82. The molecule has 0 saturated carbocycles. The zero-order valence-electron chi connectivity index (χ0n) is 13.9. The SMILES string of the molecule is Cl.NCCc1c[nH]c2ccc(OCc3ccc4ccccc4c3)cc12. The molecule has 3 N–H and O–H groups in total. The van der Waals surface area contributed by atoms with Crippen molar-refractivity contribution < 1.29 is 4.74 Å². The number of H-pyrrole nitrogens is 1. The van der Waals surface area contributed by atoms with Gasteiger partial charge >= 0.3 is 0 Å². The van der Waals surface area contributed by atoms with Crippen LogP contribution in [0.3, 0.4) is 0 Å². The zero-order chi connectivity index (χ0) is 16.4. The average molecular weight is 353 g/mol. The highest BCUT2D eigenvalue weighted by Gasteiger charge is 2.05. The normalized spacial score (nSPS) is 10.8. The van der Waals surface area contributed by atoms with E-state index in [4.69, 9.17) is 10.5 Å². The van der Waals surface area contributed by atoms with Crippen molar-refractivity contribution in [1.82, 2.24) is 4.98 Å². The number of hydrogen-bond acceptors (Lipinski definition) is 2. The van der Waals surface area contributed by atoms with Crippen LogP contribution in [0.5, 0.6) is 5.75 Å². The van der Waals surface area contributed by atoms with Crippen LogP contribution in [0.15, 0.2) is 66.9 Å². The third-order valence-electron chi connectivity index (χ3n) is 4.37. The first-order chi connectivity index (χ1) is 11.8. The quantitative estimate of drug-likeness (QED) is 0.541. The lowest BCUT2D eigenvalue weighted by molar-refractivity contribution is 0.307. The Balaban J connectivity index is 0.00000182. The maximum Gasteiger partial charge on any atom is 0.120 e. The van der Waals surface area contributed by atoms with E-state index in [1.165, 1.54) is 27.3 Å². The maximum absolute atomic E-state index is 6.01. The topological polar surface area (TPSA) is 51.0 Å². The van der Waals surface area contributed by atoms with Crippen molar-refractivity contribution in [2.24, 2.45) is 5.73 Å². The van der Waals surface area contributed by atoms with Crippen LogP contribution in [0.25, 0.3) is 21.7 Å². The number of nitrogens with one attached hydrogen (secondary N) is 1. The number of aromatic amines is 1. The van der Waals surface area contributed by atoms with Crippen LogP contribution in [0.1, 0.15) is 11.1 Å². The number of aromatic nitrogens is 1. The fraction of sp³-hybridized carbons (Fsp3) is 0.143. The van der Waals surface area contributed by atoms with Gasteiger partial charge in [0.2, 0.25) is 0 Å². The number of benzene rings is 3. The fourth-order valence-corrected chi connectivity index (χ4v) is 3.10. The van der Waals surface area contributed by atoms with Crippen molar-refractivity contribution in [3.63, 3.8) is 0 Å². The molecule has 0 unspecified atom stereocenters. The second-order valence-electron chi connectivity index (χ2n) is 6.03. The lowest BCUT2D eigenvalue weighted by Gasteiger charge is -2.08. The molecule has 0 atom stereocenters. The van der Waals surface area contributed by atoms with E-state index < -0.39 is 0 Å². The molecule has 0 fully saturated rings. The maximum atomic E-state index is 6.01. The number of hydrogen-bond donors (Lipinski definition) is 2. The Labute approximate surface area is 153 Å². The Morgan fingerprint density at radius 2 is 1.76 bits per heavy atom. The molecule has 3 aromatic carbocycles. The van der Waals surface area contributed by atoms with Gasteiger partial charge in [-0.05, 0) is 59.1 Å². The summed E-state index contributed by atoms with van der Waals surface area (Å²) in [6.07, 6.45) is 2.90. The Bertz CT molecular complexity index is 993. The summed E-state index contributed by atoms with van der Waals surface area (Å²) in [6.45, 7) is 1.21. The van der Waals surface area contributed by atoms with E-state index in [0.29, 0.717) is 13.2 Å². The molecule has 0 aliphatic carbocycles. The summed E-state index contributed by atoms with van der Waals surface area (Å²) in [5, 5.41) is 3.68. The molecule has 0 spiro atoms. The van der Waals surface area contributed by atoms with E-state index in [2.05, 4.69) is 59.6 Å². The van der Waals surface area contributed by atoms with E-state index in [1.807, 2.05) is 12.3 Å². The minimum atomic E-state index is 0.